The van der Waals surface area contributed by atoms with Crippen molar-refractivity contribution in [3.63, 3.8) is 0 Å². The Morgan fingerprint density at radius 1 is 1.15 bits per heavy atom. The number of likely N-dealkylation sites (N-methyl/N-ethyl adjacent to an activating group) is 1. The van der Waals surface area contributed by atoms with Gasteiger partial charge in [-0.2, -0.15) is 0 Å². The number of rotatable bonds is 7. The fourth-order valence-corrected chi connectivity index (χ4v) is 2.43. The van der Waals surface area contributed by atoms with Gasteiger partial charge in [-0.3, -0.25) is 9.97 Å². The molecule has 0 aliphatic heterocycles. The van der Waals surface area contributed by atoms with Gasteiger partial charge in [-0.15, -0.1) is 0 Å². The van der Waals surface area contributed by atoms with Crippen LogP contribution in [0.25, 0.3) is 0 Å². The molecule has 0 saturated heterocycles. The van der Waals surface area contributed by atoms with Gasteiger partial charge in [0.2, 0.25) is 0 Å². The maximum Gasteiger partial charge on any atom is 0.0599 e. The molecule has 1 aromatic heterocycles. The van der Waals surface area contributed by atoms with Gasteiger partial charge in [0.05, 0.1) is 5.69 Å². The van der Waals surface area contributed by atoms with Crippen LogP contribution < -0.4 is 0 Å². The van der Waals surface area contributed by atoms with E-state index in [-0.39, 0.29) is 0 Å². The van der Waals surface area contributed by atoms with Gasteiger partial charge < -0.3 is 4.90 Å². The summed E-state index contributed by atoms with van der Waals surface area (Å²) >= 11 is 0. The quantitative estimate of drug-likeness (QED) is 0.773. The fraction of sp³-hybridized carbons (Fsp3) is 0.412. The van der Waals surface area contributed by atoms with Gasteiger partial charge in [0.1, 0.15) is 0 Å². The minimum atomic E-state index is 0.600. The molecular formula is C17H23N3. The summed E-state index contributed by atoms with van der Waals surface area (Å²) in [5.41, 5.74) is 2.49. The molecule has 1 heterocycles. The van der Waals surface area contributed by atoms with E-state index in [2.05, 4.69) is 59.2 Å². The molecule has 3 nitrogen and oxygen atoms in total. The van der Waals surface area contributed by atoms with Gasteiger partial charge >= 0.3 is 0 Å². The van der Waals surface area contributed by atoms with Crippen molar-refractivity contribution in [2.24, 2.45) is 0 Å². The van der Waals surface area contributed by atoms with Crippen LogP contribution in [0.1, 0.15) is 30.5 Å². The lowest BCUT2D eigenvalue weighted by molar-refractivity contribution is 0.310. The first-order chi connectivity index (χ1) is 9.79. The lowest BCUT2D eigenvalue weighted by Crippen LogP contribution is -2.26. The molecule has 106 valence electrons. The van der Waals surface area contributed by atoms with Gasteiger partial charge in [0, 0.05) is 38.1 Å². The Balaban J connectivity index is 1.85. The summed E-state index contributed by atoms with van der Waals surface area (Å²) < 4.78 is 0. The lowest BCUT2D eigenvalue weighted by atomic mass is 9.96. The predicted molar refractivity (Wildman–Crippen MR) is 82.7 cm³/mol. The van der Waals surface area contributed by atoms with E-state index in [1.54, 1.807) is 12.4 Å². The molecule has 0 amide bonds. The summed E-state index contributed by atoms with van der Waals surface area (Å²) in [6.45, 7) is 4.36. The van der Waals surface area contributed by atoms with Crippen LogP contribution in [-0.4, -0.2) is 35.0 Å². The summed E-state index contributed by atoms with van der Waals surface area (Å²) in [4.78, 5) is 10.8. The minimum absolute atomic E-state index is 0.600. The molecule has 2 rings (SSSR count). The molecule has 1 atom stereocenters. The van der Waals surface area contributed by atoms with Crippen molar-refractivity contribution in [3.8, 4) is 0 Å². The Morgan fingerprint density at radius 2 is 1.95 bits per heavy atom. The van der Waals surface area contributed by atoms with Crippen molar-refractivity contribution in [1.29, 1.82) is 0 Å². The van der Waals surface area contributed by atoms with Gasteiger partial charge in [-0.05, 0) is 24.9 Å². The first kappa shape index (κ1) is 14.7. The SMILES string of the molecule is CC[C@H](CN(C)CCc1cnccn1)c1ccccc1. The number of benzene rings is 1. The van der Waals surface area contributed by atoms with Crippen molar-refractivity contribution < 1.29 is 0 Å². The van der Waals surface area contributed by atoms with Crippen LogP contribution in [0.3, 0.4) is 0 Å². The Morgan fingerprint density at radius 3 is 2.60 bits per heavy atom. The van der Waals surface area contributed by atoms with E-state index in [1.165, 1.54) is 12.0 Å². The van der Waals surface area contributed by atoms with Crippen LogP contribution in [-0.2, 0) is 6.42 Å². The molecule has 0 N–H and O–H groups in total. The molecule has 0 spiro atoms. The van der Waals surface area contributed by atoms with Crippen molar-refractivity contribution >= 4 is 0 Å². The van der Waals surface area contributed by atoms with E-state index in [0.29, 0.717) is 5.92 Å². The van der Waals surface area contributed by atoms with E-state index in [9.17, 15) is 0 Å². The van der Waals surface area contributed by atoms with Gasteiger partial charge in [-0.25, -0.2) is 0 Å². The average molecular weight is 269 g/mol. The van der Waals surface area contributed by atoms with Crippen LogP contribution >= 0.6 is 0 Å². The third-order valence-corrected chi connectivity index (χ3v) is 3.66. The zero-order valence-electron chi connectivity index (χ0n) is 12.4. The highest BCUT2D eigenvalue weighted by Gasteiger charge is 2.11. The van der Waals surface area contributed by atoms with E-state index in [0.717, 1.165) is 25.2 Å². The summed E-state index contributed by atoms with van der Waals surface area (Å²) in [7, 11) is 2.18. The Hall–Kier alpha value is -1.74. The largest absolute Gasteiger partial charge is 0.305 e. The Labute approximate surface area is 121 Å². The number of nitrogens with zero attached hydrogens (tertiary/aromatic N) is 3. The topological polar surface area (TPSA) is 29.0 Å². The van der Waals surface area contributed by atoms with Crippen molar-refractivity contribution in [1.82, 2.24) is 14.9 Å². The highest BCUT2D eigenvalue weighted by molar-refractivity contribution is 5.19. The minimum Gasteiger partial charge on any atom is -0.305 e. The molecule has 0 fully saturated rings. The van der Waals surface area contributed by atoms with E-state index >= 15 is 0 Å². The molecule has 0 bridgehead atoms. The maximum atomic E-state index is 4.32. The summed E-state index contributed by atoms with van der Waals surface area (Å²) in [6, 6.07) is 10.8. The first-order valence-electron chi connectivity index (χ1n) is 7.28. The van der Waals surface area contributed by atoms with Crippen LogP contribution in [0.15, 0.2) is 48.9 Å². The number of hydrogen-bond acceptors (Lipinski definition) is 3. The molecular weight excluding hydrogens is 246 g/mol. The highest BCUT2D eigenvalue weighted by atomic mass is 15.1. The zero-order chi connectivity index (χ0) is 14.2. The smallest absolute Gasteiger partial charge is 0.0599 e. The summed E-state index contributed by atoms with van der Waals surface area (Å²) in [5.74, 6) is 0.600. The van der Waals surface area contributed by atoms with E-state index < -0.39 is 0 Å². The molecule has 0 aliphatic rings. The second-order valence-electron chi connectivity index (χ2n) is 5.22. The average Bonchev–Trinajstić information content (AvgIpc) is 2.52. The molecule has 3 heteroatoms. The second kappa shape index (κ2) is 7.75. The van der Waals surface area contributed by atoms with Gasteiger partial charge in [-0.1, -0.05) is 37.3 Å². The summed E-state index contributed by atoms with van der Waals surface area (Å²) in [6.07, 6.45) is 7.45. The molecule has 20 heavy (non-hydrogen) atoms. The lowest BCUT2D eigenvalue weighted by Gasteiger charge is -2.23. The fourth-order valence-electron chi connectivity index (χ4n) is 2.43. The van der Waals surface area contributed by atoms with Crippen molar-refractivity contribution in [2.75, 3.05) is 20.1 Å². The number of hydrogen-bond donors (Lipinski definition) is 0. The summed E-state index contributed by atoms with van der Waals surface area (Å²) in [5, 5.41) is 0. The van der Waals surface area contributed by atoms with E-state index in [1.807, 2.05) is 6.20 Å². The normalized spacial score (nSPS) is 12.6. The van der Waals surface area contributed by atoms with Crippen LogP contribution in [0.2, 0.25) is 0 Å². The standard InChI is InChI=1S/C17H23N3/c1-3-15(16-7-5-4-6-8-16)14-20(2)12-9-17-13-18-10-11-19-17/h4-8,10-11,13,15H,3,9,12,14H2,1-2H3/t15-/m1/s1. The third kappa shape index (κ3) is 4.42. The molecule has 2 aromatic rings. The number of aromatic nitrogens is 2. The zero-order valence-corrected chi connectivity index (χ0v) is 12.4. The molecule has 0 saturated carbocycles. The van der Waals surface area contributed by atoms with Crippen LogP contribution in [0.4, 0.5) is 0 Å². The molecule has 0 unspecified atom stereocenters. The van der Waals surface area contributed by atoms with Crippen molar-refractivity contribution in [2.45, 2.75) is 25.7 Å². The highest BCUT2D eigenvalue weighted by Crippen LogP contribution is 2.19. The molecule has 1 aromatic carbocycles. The monoisotopic (exact) mass is 269 g/mol. The first-order valence-corrected chi connectivity index (χ1v) is 7.28. The van der Waals surface area contributed by atoms with Crippen LogP contribution in [0, 0.1) is 0 Å². The Kier molecular flexibility index (Phi) is 5.69. The van der Waals surface area contributed by atoms with Gasteiger partial charge in [0.15, 0.2) is 0 Å². The maximum absolute atomic E-state index is 4.32. The van der Waals surface area contributed by atoms with Crippen molar-refractivity contribution in [3.05, 3.63) is 60.2 Å². The van der Waals surface area contributed by atoms with Gasteiger partial charge in [0.25, 0.3) is 0 Å². The van der Waals surface area contributed by atoms with E-state index in [4.69, 9.17) is 0 Å². The third-order valence-electron chi connectivity index (χ3n) is 3.66. The molecule has 0 radical (unpaired) electrons. The van der Waals surface area contributed by atoms with Crippen LogP contribution in [0.5, 0.6) is 0 Å². The predicted octanol–water partition coefficient (Wildman–Crippen LogP) is 3.14. The Bertz CT molecular complexity index is 484. The molecule has 0 aliphatic carbocycles. The second-order valence-corrected chi connectivity index (χ2v) is 5.22.